The number of nitrogens with one attached hydrogen (secondary N) is 2. The third-order valence-corrected chi connectivity index (χ3v) is 4.51. The van der Waals surface area contributed by atoms with Gasteiger partial charge in [0.25, 0.3) is 5.91 Å². The lowest BCUT2D eigenvalue weighted by atomic mass is 10.2. The molecule has 25 heavy (non-hydrogen) atoms. The van der Waals surface area contributed by atoms with E-state index < -0.39 is 0 Å². The van der Waals surface area contributed by atoms with Gasteiger partial charge in [-0.05, 0) is 54.4 Å². The van der Waals surface area contributed by atoms with E-state index in [0.717, 1.165) is 27.0 Å². The molecule has 3 rings (SSSR count). The number of anilines is 2. The highest BCUT2D eigenvalue weighted by Crippen LogP contribution is 2.22. The highest BCUT2D eigenvalue weighted by atomic mass is 79.9. The van der Waals surface area contributed by atoms with Gasteiger partial charge in [0.15, 0.2) is 0 Å². The summed E-state index contributed by atoms with van der Waals surface area (Å²) in [7, 11) is 0. The molecule has 0 bridgehead atoms. The van der Waals surface area contributed by atoms with Crippen LogP contribution in [0.5, 0.6) is 0 Å². The van der Waals surface area contributed by atoms with Crippen LogP contribution in [0.15, 0.2) is 65.5 Å². The van der Waals surface area contributed by atoms with E-state index in [1.165, 1.54) is 0 Å². The fraction of sp³-hybridized carbons (Fsp3) is 0.105. The van der Waals surface area contributed by atoms with Crippen molar-refractivity contribution in [2.24, 2.45) is 0 Å². The summed E-state index contributed by atoms with van der Waals surface area (Å²) in [6, 6.07) is 13.3. The van der Waals surface area contributed by atoms with Crippen molar-refractivity contribution in [3.05, 3.63) is 82.3 Å². The predicted molar refractivity (Wildman–Crippen MR) is 102 cm³/mol. The Bertz CT molecular complexity index is 866. The van der Waals surface area contributed by atoms with Gasteiger partial charge in [0.2, 0.25) is 0 Å². The molecule has 2 N–H and O–H groups in total. The van der Waals surface area contributed by atoms with Crippen LogP contribution in [0.1, 0.15) is 21.6 Å². The van der Waals surface area contributed by atoms with E-state index in [2.05, 4.69) is 36.5 Å². The summed E-state index contributed by atoms with van der Waals surface area (Å²) < 4.78 is 1.07. The van der Waals surface area contributed by atoms with Gasteiger partial charge in [0.1, 0.15) is 5.69 Å². The zero-order chi connectivity index (χ0) is 17.6. The van der Waals surface area contributed by atoms with Crippen molar-refractivity contribution >= 4 is 33.2 Å². The smallest absolute Gasteiger partial charge is 0.270 e. The van der Waals surface area contributed by atoms with Gasteiger partial charge < -0.3 is 10.6 Å². The van der Waals surface area contributed by atoms with Crippen LogP contribution in [0.4, 0.5) is 11.4 Å². The molecule has 0 unspecified atom stereocenters. The highest BCUT2D eigenvalue weighted by molar-refractivity contribution is 9.10. The van der Waals surface area contributed by atoms with Gasteiger partial charge in [-0.2, -0.15) is 0 Å². The first-order valence-corrected chi connectivity index (χ1v) is 8.57. The van der Waals surface area contributed by atoms with Crippen molar-refractivity contribution in [3.8, 4) is 0 Å². The largest absolute Gasteiger partial charge is 0.354 e. The van der Waals surface area contributed by atoms with Crippen molar-refractivity contribution < 1.29 is 4.79 Å². The number of carbonyl (C=O) groups is 1. The molecule has 0 aliphatic rings. The summed E-state index contributed by atoms with van der Waals surface area (Å²) >= 11 is 3.48. The second-order valence-corrected chi connectivity index (χ2v) is 6.42. The van der Waals surface area contributed by atoms with Gasteiger partial charge in [-0.25, -0.2) is 4.98 Å². The number of hydrogen-bond acceptors (Lipinski definition) is 4. The Labute approximate surface area is 154 Å². The number of nitrogens with zero attached hydrogens (tertiary/aromatic N) is 2. The number of hydrogen-bond donors (Lipinski definition) is 2. The molecule has 1 amide bonds. The SMILES string of the molecule is Cc1cc(Nc2ccc(C(=O)NCc3cccnc3)nc2)ccc1Br. The number of aromatic nitrogens is 2. The Morgan fingerprint density at radius 1 is 1.12 bits per heavy atom. The standard InChI is InChI=1S/C19H17BrN4O/c1-13-9-15(4-6-17(13)20)24-16-5-7-18(22-12-16)19(25)23-11-14-3-2-8-21-10-14/h2-10,12,24H,11H2,1H3,(H,23,25). The number of carbonyl (C=O) groups excluding carboxylic acids is 1. The predicted octanol–water partition coefficient (Wildman–Crippen LogP) is 4.22. The van der Waals surface area contributed by atoms with E-state index in [9.17, 15) is 4.79 Å². The first kappa shape index (κ1) is 17.1. The van der Waals surface area contributed by atoms with Crippen LogP contribution in [0.25, 0.3) is 0 Å². The summed E-state index contributed by atoms with van der Waals surface area (Å²) in [6.45, 7) is 2.45. The summed E-state index contributed by atoms with van der Waals surface area (Å²) in [4.78, 5) is 20.4. The Morgan fingerprint density at radius 3 is 2.64 bits per heavy atom. The fourth-order valence-corrected chi connectivity index (χ4v) is 2.51. The maximum absolute atomic E-state index is 12.2. The molecule has 1 aromatic carbocycles. The van der Waals surface area contributed by atoms with Crippen molar-refractivity contribution in [3.63, 3.8) is 0 Å². The van der Waals surface area contributed by atoms with Gasteiger partial charge >= 0.3 is 0 Å². The molecule has 0 radical (unpaired) electrons. The summed E-state index contributed by atoms with van der Waals surface area (Å²) in [5.74, 6) is -0.213. The summed E-state index contributed by atoms with van der Waals surface area (Å²) in [5.41, 5.74) is 4.26. The van der Waals surface area contributed by atoms with Crippen LogP contribution < -0.4 is 10.6 Å². The average molecular weight is 397 g/mol. The minimum atomic E-state index is -0.213. The van der Waals surface area contributed by atoms with Gasteiger partial charge in [0.05, 0.1) is 11.9 Å². The van der Waals surface area contributed by atoms with Crippen LogP contribution in [-0.2, 0) is 6.54 Å². The molecular formula is C19H17BrN4O. The lowest BCUT2D eigenvalue weighted by Gasteiger charge is -2.09. The average Bonchev–Trinajstić information content (AvgIpc) is 2.64. The van der Waals surface area contributed by atoms with E-state index in [4.69, 9.17) is 0 Å². The van der Waals surface area contributed by atoms with Crippen molar-refractivity contribution in [1.82, 2.24) is 15.3 Å². The molecule has 0 aliphatic heterocycles. The maximum atomic E-state index is 12.2. The maximum Gasteiger partial charge on any atom is 0.270 e. The molecule has 0 spiro atoms. The third kappa shape index (κ3) is 4.64. The van der Waals surface area contributed by atoms with Gasteiger partial charge in [-0.15, -0.1) is 0 Å². The van der Waals surface area contributed by atoms with E-state index in [1.54, 1.807) is 24.7 Å². The molecule has 0 atom stereocenters. The lowest BCUT2D eigenvalue weighted by Crippen LogP contribution is -2.23. The Morgan fingerprint density at radius 2 is 1.96 bits per heavy atom. The topological polar surface area (TPSA) is 66.9 Å². The zero-order valence-electron chi connectivity index (χ0n) is 13.7. The number of amides is 1. The van der Waals surface area contributed by atoms with Gasteiger partial charge in [-0.1, -0.05) is 22.0 Å². The lowest BCUT2D eigenvalue weighted by molar-refractivity contribution is 0.0946. The second kappa shape index (κ2) is 7.90. The van der Waals surface area contributed by atoms with E-state index >= 15 is 0 Å². The fourth-order valence-electron chi connectivity index (χ4n) is 2.27. The zero-order valence-corrected chi connectivity index (χ0v) is 15.2. The summed E-state index contributed by atoms with van der Waals surface area (Å²) in [6.07, 6.45) is 5.07. The monoisotopic (exact) mass is 396 g/mol. The number of aryl methyl sites for hydroxylation is 1. The Hall–Kier alpha value is -2.73. The van der Waals surface area contributed by atoms with Crippen molar-refractivity contribution in [2.75, 3.05) is 5.32 Å². The van der Waals surface area contributed by atoms with Crippen LogP contribution in [0.3, 0.4) is 0 Å². The second-order valence-electron chi connectivity index (χ2n) is 5.57. The molecular weight excluding hydrogens is 380 g/mol. The van der Waals surface area contributed by atoms with Crippen molar-refractivity contribution in [1.29, 1.82) is 0 Å². The normalized spacial score (nSPS) is 10.3. The van der Waals surface area contributed by atoms with E-state index in [-0.39, 0.29) is 5.91 Å². The first-order valence-electron chi connectivity index (χ1n) is 7.78. The number of benzene rings is 1. The molecule has 3 aromatic rings. The number of halogens is 1. The quantitative estimate of drug-likeness (QED) is 0.677. The van der Waals surface area contributed by atoms with E-state index in [0.29, 0.717) is 12.2 Å². The van der Waals surface area contributed by atoms with Gasteiger partial charge in [-0.3, -0.25) is 9.78 Å². The molecule has 0 fully saturated rings. The Kier molecular flexibility index (Phi) is 5.40. The van der Waals surface area contributed by atoms with Crippen LogP contribution in [0.2, 0.25) is 0 Å². The molecule has 5 nitrogen and oxygen atoms in total. The van der Waals surface area contributed by atoms with E-state index in [1.807, 2.05) is 43.3 Å². The van der Waals surface area contributed by atoms with Crippen LogP contribution >= 0.6 is 15.9 Å². The molecule has 2 heterocycles. The summed E-state index contributed by atoms with van der Waals surface area (Å²) in [5, 5.41) is 6.10. The first-order chi connectivity index (χ1) is 12.1. The molecule has 126 valence electrons. The van der Waals surface area contributed by atoms with Crippen LogP contribution in [0, 0.1) is 6.92 Å². The molecule has 2 aromatic heterocycles. The Balaban J connectivity index is 1.61. The number of pyridine rings is 2. The molecule has 6 heteroatoms. The van der Waals surface area contributed by atoms with Crippen molar-refractivity contribution in [2.45, 2.75) is 13.5 Å². The molecule has 0 aliphatic carbocycles. The third-order valence-electron chi connectivity index (χ3n) is 3.62. The molecule has 0 saturated carbocycles. The number of rotatable bonds is 5. The molecule has 0 saturated heterocycles. The van der Waals surface area contributed by atoms with Crippen LogP contribution in [-0.4, -0.2) is 15.9 Å². The highest BCUT2D eigenvalue weighted by Gasteiger charge is 2.07. The minimum Gasteiger partial charge on any atom is -0.354 e. The van der Waals surface area contributed by atoms with Gasteiger partial charge in [0, 0.05) is 29.1 Å². The minimum absolute atomic E-state index is 0.213.